The molecule has 1 amide bonds. The molecule has 5 nitrogen and oxygen atoms in total. The van der Waals surface area contributed by atoms with Gasteiger partial charge in [-0.25, -0.2) is 0 Å². The van der Waals surface area contributed by atoms with Crippen LogP contribution in [-0.2, 0) is 0 Å². The summed E-state index contributed by atoms with van der Waals surface area (Å²) >= 11 is 0. The smallest absolute Gasteiger partial charge is 0.268 e. The Morgan fingerprint density at radius 2 is 1.52 bits per heavy atom. The highest BCUT2D eigenvalue weighted by molar-refractivity contribution is 6.02. The Morgan fingerprint density at radius 1 is 0.963 bits per heavy atom. The van der Waals surface area contributed by atoms with E-state index in [1.165, 1.54) is 6.92 Å². The van der Waals surface area contributed by atoms with E-state index in [0.717, 1.165) is 22.6 Å². The van der Waals surface area contributed by atoms with Gasteiger partial charge in [-0.05, 0) is 38.5 Å². The monoisotopic (exact) mass is 360 g/mol. The first-order chi connectivity index (χ1) is 13.0. The van der Waals surface area contributed by atoms with Crippen molar-refractivity contribution in [1.82, 2.24) is 10.3 Å². The van der Waals surface area contributed by atoms with Crippen molar-refractivity contribution in [2.75, 3.05) is 0 Å². The van der Waals surface area contributed by atoms with E-state index in [1.807, 2.05) is 48.5 Å². The van der Waals surface area contributed by atoms with E-state index >= 15 is 0 Å². The maximum Gasteiger partial charge on any atom is 0.268 e. The van der Waals surface area contributed by atoms with E-state index in [9.17, 15) is 9.59 Å². The molecule has 0 spiro atoms. The fourth-order valence-corrected chi connectivity index (χ4v) is 3.77. The molecule has 3 aromatic rings. The number of amides is 1. The minimum absolute atomic E-state index is 0.0537. The first kappa shape index (κ1) is 17.1. The van der Waals surface area contributed by atoms with E-state index in [1.54, 1.807) is 13.8 Å². The molecule has 2 heterocycles. The van der Waals surface area contributed by atoms with Gasteiger partial charge in [-0.2, -0.15) is 0 Å². The van der Waals surface area contributed by atoms with E-state index in [0.29, 0.717) is 22.5 Å². The molecule has 0 aliphatic carbocycles. The molecule has 0 saturated heterocycles. The molecule has 0 saturated carbocycles. The fourth-order valence-electron chi connectivity index (χ4n) is 3.77. The largest absolute Gasteiger partial charge is 0.457 e. The Kier molecular flexibility index (Phi) is 4.07. The predicted octanol–water partition coefficient (Wildman–Crippen LogP) is 4.46. The van der Waals surface area contributed by atoms with Crippen molar-refractivity contribution in [3.05, 3.63) is 82.2 Å². The lowest BCUT2D eigenvalue weighted by molar-refractivity contribution is 0.0936. The van der Waals surface area contributed by atoms with Gasteiger partial charge in [0.2, 0.25) is 0 Å². The van der Waals surface area contributed by atoms with Crippen LogP contribution in [0.4, 0.5) is 0 Å². The summed E-state index contributed by atoms with van der Waals surface area (Å²) in [5.41, 5.74) is 4.17. The third kappa shape index (κ3) is 2.81. The average Bonchev–Trinajstić information content (AvgIpc) is 2.96. The quantitative estimate of drug-likeness (QED) is 0.678. The number of aryl methyl sites for hydroxylation is 1. The van der Waals surface area contributed by atoms with Crippen molar-refractivity contribution in [1.29, 1.82) is 0 Å². The molecular formula is C22H20N2O3. The minimum atomic E-state index is -0.331. The number of benzene rings is 2. The number of carbonyl (C=O) groups is 2. The number of ketones is 1. The Morgan fingerprint density at radius 3 is 2.04 bits per heavy atom. The van der Waals surface area contributed by atoms with Gasteiger partial charge in [-0.3, -0.25) is 9.59 Å². The number of H-pyrrole nitrogens is 1. The molecule has 4 rings (SSSR count). The second-order valence-electron chi connectivity index (χ2n) is 6.77. The van der Waals surface area contributed by atoms with Gasteiger partial charge >= 0.3 is 0 Å². The second kappa shape index (κ2) is 6.43. The third-order valence-electron chi connectivity index (χ3n) is 4.97. The molecule has 0 atom stereocenters. The van der Waals surface area contributed by atoms with Crippen molar-refractivity contribution >= 4 is 11.7 Å². The van der Waals surface area contributed by atoms with Crippen molar-refractivity contribution < 1.29 is 14.3 Å². The van der Waals surface area contributed by atoms with E-state index < -0.39 is 0 Å². The predicted molar refractivity (Wildman–Crippen MR) is 103 cm³/mol. The maximum absolute atomic E-state index is 13.0. The van der Waals surface area contributed by atoms with E-state index in [2.05, 4.69) is 10.3 Å². The Balaban J connectivity index is 1.74. The summed E-state index contributed by atoms with van der Waals surface area (Å²) < 4.78 is 5.97. The molecule has 5 heteroatoms. The maximum atomic E-state index is 13.0. The summed E-state index contributed by atoms with van der Waals surface area (Å²) in [6, 6.07) is 15.0. The summed E-state index contributed by atoms with van der Waals surface area (Å²) in [7, 11) is 0. The van der Waals surface area contributed by atoms with Gasteiger partial charge in [0.05, 0.1) is 6.04 Å². The lowest BCUT2D eigenvalue weighted by Crippen LogP contribution is -2.31. The number of Topliss-reactive ketones (excluding diaryl/α,β-unsaturated/α-hetero) is 1. The summed E-state index contributed by atoms with van der Waals surface area (Å²) in [5.74, 6) is 1.15. The Labute approximate surface area is 157 Å². The zero-order valence-corrected chi connectivity index (χ0v) is 15.4. The minimum Gasteiger partial charge on any atom is -0.457 e. The highest BCUT2D eigenvalue weighted by atomic mass is 16.5. The van der Waals surface area contributed by atoms with Gasteiger partial charge in [-0.1, -0.05) is 36.4 Å². The van der Waals surface area contributed by atoms with Crippen molar-refractivity contribution in [2.24, 2.45) is 0 Å². The van der Waals surface area contributed by atoms with Crippen LogP contribution in [0.3, 0.4) is 0 Å². The van der Waals surface area contributed by atoms with Crippen molar-refractivity contribution in [3.63, 3.8) is 0 Å². The number of rotatable bonds is 3. The zero-order valence-electron chi connectivity index (χ0n) is 15.4. The summed E-state index contributed by atoms with van der Waals surface area (Å²) in [4.78, 5) is 28.0. The lowest BCUT2D eigenvalue weighted by atomic mass is 9.94. The van der Waals surface area contributed by atoms with Crippen LogP contribution in [0.25, 0.3) is 0 Å². The van der Waals surface area contributed by atoms with Crippen LogP contribution < -0.4 is 10.1 Å². The molecule has 2 N–H and O–H groups in total. The van der Waals surface area contributed by atoms with Crippen LogP contribution >= 0.6 is 0 Å². The zero-order chi connectivity index (χ0) is 19.1. The molecule has 136 valence electrons. The SMILES string of the molecule is CC(=O)c1c(C)[nH]c(C(=O)NC2c3ccccc3Oc3ccccc32)c1C. The summed E-state index contributed by atoms with van der Waals surface area (Å²) in [6.45, 7) is 5.11. The van der Waals surface area contributed by atoms with E-state index in [4.69, 9.17) is 4.74 Å². The topological polar surface area (TPSA) is 71.2 Å². The average molecular weight is 360 g/mol. The molecule has 0 unspecified atom stereocenters. The molecule has 0 fully saturated rings. The number of carbonyl (C=O) groups excluding carboxylic acids is 2. The fraction of sp³-hybridized carbons (Fsp3) is 0.182. The number of fused-ring (bicyclic) bond motifs is 2. The number of hydrogen-bond acceptors (Lipinski definition) is 3. The molecule has 0 radical (unpaired) electrons. The van der Waals surface area contributed by atoms with Crippen LogP contribution in [-0.4, -0.2) is 16.7 Å². The van der Waals surface area contributed by atoms with Gasteiger partial charge in [-0.15, -0.1) is 0 Å². The first-order valence-corrected chi connectivity index (χ1v) is 8.84. The summed E-state index contributed by atoms with van der Waals surface area (Å²) in [6.07, 6.45) is 0. The Hall–Kier alpha value is -3.34. The van der Waals surface area contributed by atoms with Gasteiger partial charge in [0.1, 0.15) is 17.2 Å². The third-order valence-corrected chi connectivity index (χ3v) is 4.97. The van der Waals surface area contributed by atoms with Gasteiger partial charge in [0.25, 0.3) is 5.91 Å². The van der Waals surface area contributed by atoms with Gasteiger partial charge < -0.3 is 15.0 Å². The standard InChI is InChI=1S/C22H20N2O3/c1-12-19(14(3)25)13(2)23-20(12)22(26)24-21-15-8-4-6-10-17(15)27-18-11-7-5-9-16(18)21/h4-11,21,23H,1-3H3,(H,24,26). The molecule has 1 aromatic heterocycles. The number of hydrogen-bond donors (Lipinski definition) is 2. The molecule has 27 heavy (non-hydrogen) atoms. The molecule has 1 aliphatic rings. The molecule has 1 aliphatic heterocycles. The van der Waals surface area contributed by atoms with Crippen LogP contribution in [0.1, 0.15) is 56.2 Å². The number of aromatic nitrogens is 1. The Bertz CT molecular complexity index is 1020. The van der Waals surface area contributed by atoms with Crippen LogP contribution in [0, 0.1) is 13.8 Å². The number of ether oxygens (including phenoxy) is 1. The van der Waals surface area contributed by atoms with Crippen molar-refractivity contribution in [2.45, 2.75) is 26.8 Å². The molecule has 2 aromatic carbocycles. The molecular weight excluding hydrogens is 340 g/mol. The van der Waals surface area contributed by atoms with Crippen LogP contribution in [0.2, 0.25) is 0 Å². The number of aromatic amines is 1. The lowest BCUT2D eigenvalue weighted by Gasteiger charge is -2.28. The summed E-state index contributed by atoms with van der Waals surface area (Å²) in [5, 5.41) is 3.11. The normalized spacial score (nSPS) is 12.7. The molecule has 0 bridgehead atoms. The van der Waals surface area contributed by atoms with Crippen LogP contribution in [0.15, 0.2) is 48.5 Å². The number of para-hydroxylation sites is 2. The first-order valence-electron chi connectivity index (χ1n) is 8.84. The van der Waals surface area contributed by atoms with Crippen molar-refractivity contribution in [3.8, 4) is 11.5 Å². The second-order valence-corrected chi connectivity index (χ2v) is 6.77. The highest BCUT2D eigenvalue weighted by Gasteiger charge is 2.29. The van der Waals surface area contributed by atoms with E-state index in [-0.39, 0.29) is 17.7 Å². The van der Waals surface area contributed by atoms with Gasteiger partial charge in [0, 0.05) is 22.4 Å². The van der Waals surface area contributed by atoms with Gasteiger partial charge in [0.15, 0.2) is 5.78 Å². The van der Waals surface area contributed by atoms with Crippen LogP contribution in [0.5, 0.6) is 11.5 Å². The highest BCUT2D eigenvalue weighted by Crippen LogP contribution is 2.42. The number of nitrogens with one attached hydrogen (secondary N) is 2.